The summed E-state index contributed by atoms with van der Waals surface area (Å²) in [5.74, 6) is 1.77. The van der Waals surface area contributed by atoms with Gasteiger partial charge in [-0.25, -0.2) is 4.98 Å². The Balaban J connectivity index is 0.00000144. The largest absolute Gasteiger partial charge is 0.497 e. The minimum Gasteiger partial charge on any atom is -0.497 e. The topological polar surface area (TPSA) is 53.1 Å². The number of aromatic nitrogens is 2. The maximum Gasteiger partial charge on any atom is 0.122 e. The second-order valence-corrected chi connectivity index (χ2v) is 3.52. The van der Waals surface area contributed by atoms with E-state index in [-0.39, 0.29) is 12.4 Å². The number of hydrogen-bond acceptors (Lipinski definition) is 3. The second kappa shape index (κ2) is 6.27. The predicted molar refractivity (Wildman–Crippen MR) is 69.5 cm³/mol. The Morgan fingerprint density at radius 2 is 2.00 bits per heavy atom. The Kier molecular flexibility index (Phi) is 5.00. The molecule has 0 aliphatic rings. The first kappa shape index (κ1) is 13.5. The van der Waals surface area contributed by atoms with Crippen molar-refractivity contribution in [1.82, 2.24) is 9.55 Å². The molecule has 0 saturated carbocycles. The molecule has 17 heavy (non-hydrogen) atoms. The first-order valence-electron chi connectivity index (χ1n) is 5.16. The summed E-state index contributed by atoms with van der Waals surface area (Å²) in [7, 11) is 1.66. The Labute approximate surface area is 107 Å². The van der Waals surface area contributed by atoms with Crippen molar-refractivity contribution in [2.24, 2.45) is 5.73 Å². The molecule has 0 fully saturated rings. The number of nitrogens with zero attached hydrogens (tertiary/aromatic N) is 2. The van der Waals surface area contributed by atoms with Gasteiger partial charge in [-0.05, 0) is 17.7 Å². The number of hydrogen-bond donors (Lipinski definition) is 1. The van der Waals surface area contributed by atoms with Crippen molar-refractivity contribution < 1.29 is 4.74 Å². The van der Waals surface area contributed by atoms with Crippen LogP contribution in [0.2, 0.25) is 0 Å². The maximum atomic E-state index is 5.59. The van der Waals surface area contributed by atoms with Crippen LogP contribution in [0.25, 0.3) is 0 Å². The standard InChI is InChI=1S/C12H15N3O.ClH/c1-16-11-4-2-10(3-5-11)9-15-7-6-14-12(15)8-13;/h2-7H,8-9,13H2,1H3;1H. The van der Waals surface area contributed by atoms with Crippen LogP contribution in [0.3, 0.4) is 0 Å². The minimum atomic E-state index is 0. The number of halogens is 1. The summed E-state index contributed by atoms with van der Waals surface area (Å²) in [5.41, 5.74) is 6.79. The first-order valence-corrected chi connectivity index (χ1v) is 5.16. The summed E-state index contributed by atoms with van der Waals surface area (Å²) >= 11 is 0. The van der Waals surface area contributed by atoms with Crippen LogP contribution in [0.4, 0.5) is 0 Å². The van der Waals surface area contributed by atoms with Crippen LogP contribution >= 0.6 is 12.4 Å². The van der Waals surface area contributed by atoms with Gasteiger partial charge < -0.3 is 15.0 Å². The number of imidazole rings is 1. The van der Waals surface area contributed by atoms with Crippen molar-refractivity contribution in [3.05, 3.63) is 48.0 Å². The molecule has 1 heterocycles. The van der Waals surface area contributed by atoms with Gasteiger partial charge in [-0.2, -0.15) is 0 Å². The highest BCUT2D eigenvalue weighted by molar-refractivity contribution is 5.85. The van der Waals surface area contributed by atoms with Crippen molar-refractivity contribution in [3.8, 4) is 5.75 Å². The fourth-order valence-electron chi connectivity index (χ4n) is 1.60. The highest BCUT2D eigenvalue weighted by atomic mass is 35.5. The van der Waals surface area contributed by atoms with E-state index in [0.717, 1.165) is 18.1 Å². The molecular formula is C12H16ClN3O. The first-order chi connectivity index (χ1) is 7.83. The highest BCUT2D eigenvalue weighted by Gasteiger charge is 2.01. The molecule has 0 saturated heterocycles. The van der Waals surface area contributed by atoms with Crippen LogP contribution < -0.4 is 10.5 Å². The van der Waals surface area contributed by atoms with E-state index in [1.54, 1.807) is 13.3 Å². The monoisotopic (exact) mass is 253 g/mol. The van der Waals surface area contributed by atoms with Gasteiger partial charge in [0.1, 0.15) is 11.6 Å². The Hall–Kier alpha value is -1.52. The molecule has 0 spiro atoms. The summed E-state index contributed by atoms with van der Waals surface area (Å²) in [5, 5.41) is 0. The number of methoxy groups -OCH3 is 1. The number of ether oxygens (including phenoxy) is 1. The molecule has 0 radical (unpaired) electrons. The zero-order chi connectivity index (χ0) is 11.4. The van der Waals surface area contributed by atoms with Crippen molar-refractivity contribution in [2.75, 3.05) is 7.11 Å². The quantitative estimate of drug-likeness (QED) is 0.904. The van der Waals surface area contributed by atoms with Gasteiger partial charge in [0.25, 0.3) is 0 Å². The molecule has 0 aliphatic carbocycles. The third kappa shape index (κ3) is 3.22. The van der Waals surface area contributed by atoms with Gasteiger partial charge >= 0.3 is 0 Å². The fraction of sp³-hybridized carbons (Fsp3) is 0.250. The minimum absolute atomic E-state index is 0. The van der Waals surface area contributed by atoms with Gasteiger partial charge in [0.2, 0.25) is 0 Å². The van der Waals surface area contributed by atoms with E-state index < -0.39 is 0 Å². The summed E-state index contributed by atoms with van der Waals surface area (Å²) in [4.78, 5) is 4.18. The van der Waals surface area contributed by atoms with Crippen LogP contribution in [0, 0.1) is 0 Å². The molecule has 4 nitrogen and oxygen atoms in total. The van der Waals surface area contributed by atoms with Gasteiger partial charge in [0.05, 0.1) is 13.7 Å². The molecule has 2 N–H and O–H groups in total. The van der Waals surface area contributed by atoms with Crippen LogP contribution in [0.5, 0.6) is 5.75 Å². The van der Waals surface area contributed by atoms with E-state index in [1.807, 2.05) is 35.0 Å². The van der Waals surface area contributed by atoms with Gasteiger partial charge in [0.15, 0.2) is 0 Å². The Bertz CT molecular complexity index is 453. The Morgan fingerprint density at radius 1 is 1.29 bits per heavy atom. The lowest BCUT2D eigenvalue weighted by molar-refractivity contribution is 0.414. The zero-order valence-electron chi connectivity index (χ0n) is 9.67. The van der Waals surface area contributed by atoms with E-state index in [4.69, 9.17) is 10.5 Å². The SMILES string of the molecule is COc1ccc(Cn2ccnc2CN)cc1.Cl. The molecule has 0 aliphatic heterocycles. The third-order valence-electron chi connectivity index (χ3n) is 2.50. The maximum absolute atomic E-state index is 5.59. The average Bonchev–Trinajstić information content (AvgIpc) is 2.77. The van der Waals surface area contributed by atoms with Crippen molar-refractivity contribution in [2.45, 2.75) is 13.1 Å². The molecule has 0 amide bonds. The van der Waals surface area contributed by atoms with Crippen molar-refractivity contribution in [1.29, 1.82) is 0 Å². The third-order valence-corrected chi connectivity index (χ3v) is 2.50. The molecule has 2 aromatic rings. The van der Waals surface area contributed by atoms with E-state index >= 15 is 0 Å². The molecule has 2 rings (SSSR count). The molecular weight excluding hydrogens is 238 g/mol. The summed E-state index contributed by atoms with van der Waals surface area (Å²) in [6.45, 7) is 1.25. The second-order valence-electron chi connectivity index (χ2n) is 3.52. The van der Waals surface area contributed by atoms with Gasteiger partial charge in [-0.15, -0.1) is 12.4 Å². The van der Waals surface area contributed by atoms with E-state index in [0.29, 0.717) is 6.54 Å². The van der Waals surface area contributed by atoms with E-state index in [1.165, 1.54) is 5.56 Å². The number of benzene rings is 1. The fourth-order valence-corrected chi connectivity index (χ4v) is 1.60. The summed E-state index contributed by atoms with van der Waals surface area (Å²) in [6, 6.07) is 7.99. The molecule has 0 atom stereocenters. The lowest BCUT2D eigenvalue weighted by Gasteiger charge is -2.07. The number of rotatable bonds is 4. The van der Waals surface area contributed by atoms with Gasteiger partial charge in [0, 0.05) is 18.9 Å². The highest BCUT2D eigenvalue weighted by Crippen LogP contribution is 2.12. The normalized spacial score (nSPS) is 9.76. The van der Waals surface area contributed by atoms with Gasteiger partial charge in [-0.1, -0.05) is 12.1 Å². The van der Waals surface area contributed by atoms with E-state index in [9.17, 15) is 0 Å². The zero-order valence-corrected chi connectivity index (χ0v) is 10.5. The van der Waals surface area contributed by atoms with Crippen molar-refractivity contribution >= 4 is 12.4 Å². The molecule has 1 aromatic heterocycles. The Morgan fingerprint density at radius 3 is 2.59 bits per heavy atom. The molecule has 1 aromatic carbocycles. The summed E-state index contributed by atoms with van der Waals surface area (Å²) < 4.78 is 7.15. The lowest BCUT2D eigenvalue weighted by atomic mass is 10.2. The molecule has 0 bridgehead atoms. The molecule has 0 unspecified atom stereocenters. The predicted octanol–water partition coefficient (Wildman–Crippen LogP) is 1.82. The molecule has 5 heteroatoms. The van der Waals surface area contributed by atoms with Crippen LogP contribution in [-0.4, -0.2) is 16.7 Å². The summed E-state index contributed by atoms with van der Waals surface area (Å²) in [6.07, 6.45) is 3.71. The lowest BCUT2D eigenvalue weighted by Crippen LogP contribution is -2.08. The van der Waals surface area contributed by atoms with E-state index in [2.05, 4.69) is 4.98 Å². The van der Waals surface area contributed by atoms with Gasteiger partial charge in [-0.3, -0.25) is 0 Å². The number of nitrogens with two attached hydrogens (primary N) is 1. The van der Waals surface area contributed by atoms with Crippen LogP contribution in [0.1, 0.15) is 11.4 Å². The van der Waals surface area contributed by atoms with Crippen LogP contribution in [0.15, 0.2) is 36.7 Å². The van der Waals surface area contributed by atoms with Crippen LogP contribution in [-0.2, 0) is 13.1 Å². The average molecular weight is 254 g/mol. The molecule has 92 valence electrons. The smallest absolute Gasteiger partial charge is 0.122 e. The van der Waals surface area contributed by atoms with Crippen molar-refractivity contribution in [3.63, 3.8) is 0 Å².